The van der Waals surface area contributed by atoms with Gasteiger partial charge in [-0.3, -0.25) is 4.79 Å². The monoisotopic (exact) mass is 639 g/mol. The van der Waals surface area contributed by atoms with Crippen LogP contribution in [0.4, 0.5) is 0 Å². The van der Waals surface area contributed by atoms with E-state index >= 15 is 0 Å². The van der Waals surface area contributed by atoms with Crippen molar-refractivity contribution in [2.24, 2.45) is 11.3 Å². The Morgan fingerprint density at radius 1 is 1.13 bits per heavy atom. The smallest absolute Gasteiger partial charge is 0.256 e. The van der Waals surface area contributed by atoms with Crippen LogP contribution in [0.3, 0.4) is 0 Å². The molecule has 256 valence electrons. The van der Waals surface area contributed by atoms with Gasteiger partial charge in [-0.1, -0.05) is 39.0 Å². The predicted molar refractivity (Wildman–Crippen MR) is 166 cm³/mol. The quantitative estimate of drug-likeness (QED) is 0.193. The van der Waals surface area contributed by atoms with Gasteiger partial charge in [-0.25, -0.2) is 0 Å². The van der Waals surface area contributed by atoms with Crippen LogP contribution in [0.1, 0.15) is 52.5 Å². The SMILES string of the molecule is C=C1C[C@](OC)([C@H](O)C(=O)N[C@@H](OCc2ccc(OC)c(OC)c2)[C@@H]2C[C@@H](O)C(C)(C)[C@@H](C[C@@H](COC)OC)O2)O[C@H](C)[C@@H]1C. The number of hydrogen-bond acceptors (Lipinski definition) is 11. The average molecular weight is 640 g/mol. The van der Waals surface area contributed by atoms with Gasteiger partial charge >= 0.3 is 0 Å². The zero-order valence-electron chi connectivity index (χ0n) is 28.2. The van der Waals surface area contributed by atoms with Gasteiger partial charge in [0.05, 0.1) is 51.8 Å². The van der Waals surface area contributed by atoms with E-state index in [1.165, 1.54) is 14.2 Å². The molecule has 3 N–H and O–H groups in total. The first-order valence-electron chi connectivity index (χ1n) is 15.3. The van der Waals surface area contributed by atoms with Gasteiger partial charge in [-0.05, 0) is 24.6 Å². The summed E-state index contributed by atoms with van der Waals surface area (Å²) in [6, 6.07) is 5.34. The molecular weight excluding hydrogens is 586 g/mol. The van der Waals surface area contributed by atoms with Crippen LogP contribution < -0.4 is 14.8 Å². The fraction of sp³-hybridized carbons (Fsp3) is 0.727. The van der Waals surface area contributed by atoms with Crippen molar-refractivity contribution >= 4 is 5.91 Å². The molecule has 0 aliphatic carbocycles. The molecule has 0 unspecified atom stereocenters. The lowest BCUT2D eigenvalue weighted by molar-refractivity contribution is -0.298. The molecule has 45 heavy (non-hydrogen) atoms. The Morgan fingerprint density at radius 3 is 2.40 bits per heavy atom. The highest BCUT2D eigenvalue weighted by Gasteiger charge is 2.51. The summed E-state index contributed by atoms with van der Waals surface area (Å²) in [5.41, 5.74) is 0.904. The van der Waals surface area contributed by atoms with Crippen molar-refractivity contribution in [3.63, 3.8) is 0 Å². The Hall–Kier alpha value is -2.29. The lowest BCUT2D eigenvalue weighted by atomic mass is 9.74. The number of ether oxygens (including phenoxy) is 8. The van der Waals surface area contributed by atoms with E-state index < -0.39 is 47.8 Å². The third-order valence-electron chi connectivity index (χ3n) is 9.36. The normalized spacial score (nSPS) is 30.3. The van der Waals surface area contributed by atoms with Gasteiger partial charge in [0.1, 0.15) is 6.10 Å². The van der Waals surface area contributed by atoms with Crippen LogP contribution >= 0.6 is 0 Å². The molecule has 12 heteroatoms. The lowest BCUT2D eigenvalue weighted by Crippen LogP contribution is -2.62. The Bertz CT molecular complexity index is 1130. The molecule has 2 heterocycles. The Morgan fingerprint density at radius 2 is 1.82 bits per heavy atom. The maximum Gasteiger partial charge on any atom is 0.256 e. The second-order valence-corrected chi connectivity index (χ2v) is 12.6. The van der Waals surface area contributed by atoms with Crippen LogP contribution in [0.15, 0.2) is 30.4 Å². The minimum absolute atomic E-state index is 0.0209. The molecule has 2 aliphatic heterocycles. The van der Waals surface area contributed by atoms with E-state index in [0.717, 1.165) is 11.1 Å². The summed E-state index contributed by atoms with van der Waals surface area (Å²) in [6.07, 6.45) is -4.75. The molecule has 0 radical (unpaired) electrons. The van der Waals surface area contributed by atoms with E-state index in [-0.39, 0.29) is 37.6 Å². The topological polar surface area (TPSA) is 143 Å². The largest absolute Gasteiger partial charge is 0.493 e. The molecule has 0 aromatic heterocycles. The second-order valence-electron chi connectivity index (χ2n) is 12.6. The maximum absolute atomic E-state index is 13.7. The minimum Gasteiger partial charge on any atom is -0.493 e. The summed E-state index contributed by atoms with van der Waals surface area (Å²) < 4.78 is 46.2. The number of rotatable bonds is 15. The summed E-state index contributed by atoms with van der Waals surface area (Å²) in [5.74, 6) is -1.32. The van der Waals surface area contributed by atoms with Crippen molar-refractivity contribution in [1.29, 1.82) is 0 Å². The van der Waals surface area contributed by atoms with Crippen molar-refractivity contribution in [2.75, 3.05) is 42.2 Å². The van der Waals surface area contributed by atoms with E-state index in [1.807, 2.05) is 33.8 Å². The molecular formula is C33H53NO11. The number of carbonyl (C=O) groups is 1. The summed E-state index contributed by atoms with van der Waals surface area (Å²) in [6.45, 7) is 12.2. The Balaban J connectivity index is 1.90. The minimum atomic E-state index is -1.72. The van der Waals surface area contributed by atoms with Gasteiger partial charge in [-0.15, -0.1) is 0 Å². The van der Waals surface area contributed by atoms with Gasteiger partial charge < -0.3 is 53.4 Å². The van der Waals surface area contributed by atoms with E-state index in [1.54, 1.807) is 33.5 Å². The Kier molecular flexibility index (Phi) is 13.2. The number of aliphatic hydroxyl groups is 2. The number of methoxy groups -OCH3 is 5. The number of nitrogens with one attached hydrogen (secondary N) is 1. The molecule has 2 aliphatic rings. The Labute approximate surface area is 267 Å². The highest BCUT2D eigenvalue weighted by atomic mass is 16.7. The molecule has 3 rings (SSSR count). The van der Waals surface area contributed by atoms with Crippen LogP contribution in [-0.2, 0) is 39.8 Å². The van der Waals surface area contributed by atoms with Gasteiger partial charge in [-0.2, -0.15) is 0 Å². The number of carbonyl (C=O) groups excluding carboxylic acids is 1. The molecule has 1 amide bonds. The van der Waals surface area contributed by atoms with Crippen LogP contribution in [-0.4, -0.2) is 107 Å². The second kappa shape index (κ2) is 16.0. The summed E-state index contributed by atoms with van der Waals surface area (Å²) >= 11 is 0. The van der Waals surface area contributed by atoms with Crippen molar-refractivity contribution in [3.8, 4) is 11.5 Å². The van der Waals surface area contributed by atoms with E-state index in [0.29, 0.717) is 24.5 Å². The molecule has 2 fully saturated rings. The highest BCUT2D eigenvalue weighted by Crippen LogP contribution is 2.41. The molecule has 0 bridgehead atoms. The van der Waals surface area contributed by atoms with Gasteiger partial charge in [0, 0.05) is 51.9 Å². The van der Waals surface area contributed by atoms with E-state index in [4.69, 9.17) is 37.9 Å². The van der Waals surface area contributed by atoms with E-state index in [9.17, 15) is 15.0 Å². The molecule has 9 atom stereocenters. The first-order chi connectivity index (χ1) is 21.3. The van der Waals surface area contributed by atoms with Gasteiger partial charge in [0.15, 0.2) is 23.8 Å². The highest BCUT2D eigenvalue weighted by molar-refractivity contribution is 5.82. The van der Waals surface area contributed by atoms with Crippen LogP contribution in [0.2, 0.25) is 0 Å². The standard InChI is InChI=1S/C33H53NO11/c1-19-16-33(42-10,45-21(3)20(19)2)29(36)30(37)34-31(43-17-22-11-12-24(40-8)25(13-22)41-9)26-15-27(35)32(4,5)28(44-26)14-23(39-7)18-38-6/h11-13,20-21,23,26-29,31,35-36H,1,14-18H2,2-10H3,(H,34,37)/t20-,21-,23+,26+,27-,28-,29-,31+,33-/m1/s1. The zero-order valence-corrected chi connectivity index (χ0v) is 28.2. The summed E-state index contributed by atoms with van der Waals surface area (Å²) in [5, 5.41) is 25.5. The predicted octanol–water partition coefficient (Wildman–Crippen LogP) is 2.96. The zero-order chi connectivity index (χ0) is 33.5. The average Bonchev–Trinajstić information content (AvgIpc) is 3.02. The number of hydrogen-bond donors (Lipinski definition) is 3. The molecule has 0 spiro atoms. The number of amides is 1. The third kappa shape index (κ3) is 8.55. The van der Waals surface area contributed by atoms with Crippen LogP contribution in [0.5, 0.6) is 11.5 Å². The number of benzene rings is 1. The number of aliphatic hydroxyl groups excluding tert-OH is 2. The summed E-state index contributed by atoms with van der Waals surface area (Å²) in [4.78, 5) is 13.7. The van der Waals surface area contributed by atoms with Crippen molar-refractivity contribution in [2.45, 2.75) is 102 Å². The lowest BCUT2D eigenvalue weighted by Gasteiger charge is -2.48. The third-order valence-corrected chi connectivity index (χ3v) is 9.36. The van der Waals surface area contributed by atoms with Crippen LogP contribution in [0.25, 0.3) is 0 Å². The molecule has 2 saturated heterocycles. The van der Waals surface area contributed by atoms with E-state index in [2.05, 4.69) is 11.9 Å². The van der Waals surface area contributed by atoms with Crippen LogP contribution in [0, 0.1) is 11.3 Å². The van der Waals surface area contributed by atoms with Crippen molar-refractivity contribution in [1.82, 2.24) is 5.32 Å². The van der Waals surface area contributed by atoms with Crippen molar-refractivity contribution in [3.05, 3.63) is 35.9 Å². The first-order valence-corrected chi connectivity index (χ1v) is 15.3. The van der Waals surface area contributed by atoms with Gasteiger partial charge in [0.25, 0.3) is 5.91 Å². The first kappa shape index (κ1) is 37.2. The maximum atomic E-state index is 13.7. The molecule has 0 saturated carbocycles. The molecule has 12 nitrogen and oxygen atoms in total. The molecule has 1 aromatic carbocycles. The fourth-order valence-electron chi connectivity index (χ4n) is 5.87. The fourth-order valence-corrected chi connectivity index (χ4v) is 5.87. The molecule has 1 aromatic rings. The summed E-state index contributed by atoms with van der Waals surface area (Å²) in [7, 11) is 7.66. The van der Waals surface area contributed by atoms with Crippen molar-refractivity contribution < 1.29 is 52.9 Å². The van der Waals surface area contributed by atoms with Gasteiger partial charge in [0.2, 0.25) is 5.79 Å².